The summed E-state index contributed by atoms with van der Waals surface area (Å²) in [5, 5.41) is 19.0. The van der Waals surface area contributed by atoms with Crippen molar-refractivity contribution in [2.45, 2.75) is 18.9 Å². The zero-order valence-electron chi connectivity index (χ0n) is 16.4. The number of aromatic amines is 1. The minimum absolute atomic E-state index is 0.0585. The number of β-amino-alcohol motifs (C(OH)–C–C–N with tert-alkyl or cyclic N) is 1. The lowest BCUT2D eigenvalue weighted by molar-refractivity contribution is -0.275. The molecule has 32 heavy (non-hydrogen) atoms. The first-order chi connectivity index (χ1) is 15.2. The van der Waals surface area contributed by atoms with E-state index in [1.165, 1.54) is 12.4 Å². The number of nitrogens with zero attached hydrogens (tertiary/aromatic N) is 3. The number of hydrogen-bond donors (Lipinski definition) is 3. The maximum absolute atomic E-state index is 13.9. The molecule has 1 fully saturated rings. The molecule has 0 bridgehead atoms. The Kier molecular flexibility index (Phi) is 5.70. The van der Waals surface area contributed by atoms with Crippen molar-refractivity contribution in [1.29, 1.82) is 0 Å². The molecule has 1 unspecified atom stereocenters. The Labute approximate surface area is 178 Å². The summed E-state index contributed by atoms with van der Waals surface area (Å²) in [6.45, 7) is 0.984. The molecule has 0 saturated carbocycles. The predicted molar refractivity (Wildman–Crippen MR) is 106 cm³/mol. The average Bonchev–Trinajstić information content (AvgIpc) is 3.40. The smallest absolute Gasteiger partial charge is 0.403 e. The van der Waals surface area contributed by atoms with Crippen LogP contribution >= 0.6 is 0 Å². The second-order valence-corrected chi connectivity index (χ2v) is 7.10. The molecule has 3 aromatic rings. The summed E-state index contributed by atoms with van der Waals surface area (Å²) in [4.78, 5) is 18.9. The Morgan fingerprint density at radius 3 is 2.72 bits per heavy atom. The lowest BCUT2D eigenvalue weighted by atomic mass is 10.1. The molecule has 168 valence electrons. The fraction of sp³-hybridized carbons (Fsp3) is 0.250. The zero-order chi connectivity index (χ0) is 22.9. The van der Waals surface area contributed by atoms with Crippen molar-refractivity contribution in [3.63, 3.8) is 0 Å². The minimum atomic E-state index is -5.03. The third-order valence-electron chi connectivity index (χ3n) is 4.80. The summed E-state index contributed by atoms with van der Waals surface area (Å²) in [5.74, 6) is -2.37. The number of carbonyl (C=O) groups excluding carboxylic acids is 1. The third kappa shape index (κ3) is 4.80. The maximum atomic E-state index is 13.9. The summed E-state index contributed by atoms with van der Waals surface area (Å²) in [6.07, 6.45) is -2.06. The number of alkyl halides is 3. The Morgan fingerprint density at radius 2 is 2.09 bits per heavy atom. The van der Waals surface area contributed by atoms with Crippen LogP contribution in [0.5, 0.6) is 5.75 Å². The molecule has 0 spiro atoms. The molecule has 1 aromatic carbocycles. The van der Waals surface area contributed by atoms with Gasteiger partial charge in [0, 0.05) is 42.8 Å². The highest BCUT2D eigenvalue weighted by molar-refractivity contribution is 6.05. The van der Waals surface area contributed by atoms with E-state index >= 15 is 0 Å². The van der Waals surface area contributed by atoms with Gasteiger partial charge in [-0.05, 0) is 30.7 Å². The highest BCUT2D eigenvalue weighted by Gasteiger charge is 2.32. The van der Waals surface area contributed by atoms with E-state index in [0.29, 0.717) is 36.6 Å². The van der Waals surface area contributed by atoms with Crippen LogP contribution in [0.3, 0.4) is 0 Å². The van der Waals surface area contributed by atoms with E-state index in [1.54, 1.807) is 12.1 Å². The van der Waals surface area contributed by atoms with Crippen molar-refractivity contribution in [2.24, 2.45) is 0 Å². The molecule has 4 rings (SSSR count). The normalized spacial score (nSPS) is 16.3. The van der Waals surface area contributed by atoms with Crippen LogP contribution in [0, 0.1) is 5.82 Å². The van der Waals surface area contributed by atoms with E-state index in [-0.39, 0.29) is 11.3 Å². The van der Waals surface area contributed by atoms with Crippen molar-refractivity contribution in [1.82, 2.24) is 15.2 Å². The Morgan fingerprint density at radius 1 is 1.28 bits per heavy atom. The molecule has 0 radical (unpaired) electrons. The van der Waals surface area contributed by atoms with Crippen molar-refractivity contribution >= 4 is 17.4 Å². The number of aliphatic hydroxyl groups is 1. The van der Waals surface area contributed by atoms with Gasteiger partial charge in [-0.1, -0.05) is 0 Å². The monoisotopic (exact) mass is 451 g/mol. The quantitative estimate of drug-likeness (QED) is 0.515. The molecule has 3 N–H and O–H groups in total. The topological polar surface area (TPSA) is 103 Å². The second kappa shape index (κ2) is 8.46. The summed E-state index contributed by atoms with van der Waals surface area (Å²) in [7, 11) is 0. The number of anilines is 2. The number of H-pyrrole nitrogens is 1. The highest BCUT2D eigenvalue weighted by atomic mass is 19.4. The fourth-order valence-electron chi connectivity index (χ4n) is 3.36. The average molecular weight is 451 g/mol. The SMILES string of the molecule is O=C(Nc1ccc(OC(F)(F)F)c(F)c1)c1cnc(N2CCC(O)C2)c(-c2ccn[nH]2)c1. The fourth-order valence-corrected chi connectivity index (χ4v) is 3.36. The van der Waals surface area contributed by atoms with Gasteiger partial charge in [0.25, 0.3) is 5.91 Å². The number of ether oxygens (including phenoxy) is 1. The van der Waals surface area contributed by atoms with E-state index in [4.69, 9.17) is 0 Å². The number of aliphatic hydroxyl groups excluding tert-OH is 1. The molecule has 8 nitrogen and oxygen atoms in total. The van der Waals surface area contributed by atoms with Crippen LogP contribution in [-0.2, 0) is 0 Å². The Balaban J connectivity index is 1.58. The van der Waals surface area contributed by atoms with Gasteiger partial charge < -0.3 is 20.1 Å². The Bertz CT molecular complexity index is 1120. The summed E-state index contributed by atoms with van der Waals surface area (Å²) in [5.41, 5.74) is 1.25. The number of amides is 1. The molecule has 0 aliphatic carbocycles. The molecule has 1 aliphatic rings. The molecule has 1 aliphatic heterocycles. The molecule has 2 aromatic heterocycles. The number of rotatable bonds is 5. The lowest BCUT2D eigenvalue weighted by Gasteiger charge is -2.20. The minimum Gasteiger partial charge on any atom is -0.403 e. The maximum Gasteiger partial charge on any atom is 0.573 e. The molecule has 1 saturated heterocycles. The number of aromatic nitrogens is 3. The van der Waals surface area contributed by atoms with E-state index in [0.717, 1.165) is 18.2 Å². The van der Waals surface area contributed by atoms with Crippen LogP contribution in [0.25, 0.3) is 11.3 Å². The summed E-state index contributed by atoms with van der Waals surface area (Å²) >= 11 is 0. The predicted octanol–water partition coefficient (Wildman–Crippen LogP) is 3.33. The zero-order valence-corrected chi connectivity index (χ0v) is 16.4. The highest BCUT2D eigenvalue weighted by Crippen LogP contribution is 2.31. The third-order valence-corrected chi connectivity index (χ3v) is 4.80. The van der Waals surface area contributed by atoms with Crippen molar-refractivity contribution in [2.75, 3.05) is 23.3 Å². The summed E-state index contributed by atoms with van der Waals surface area (Å²) in [6, 6.07) is 5.85. The summed E-state index contributed by atoms with van der Waals surface area (Å²) < 4.78 is 54.3. The van der Waals surface area contributed by atoms with Gasteiger partial charge in [-0.3, -0.25) is 9.89 Å². The van der Waals surface area contributed by atoms with Gasteiger partial charge in [0.05, 0.1) is 17.4 Å². The lowest BCUT2D eigenvalue weighted by Crippen LogP contribution is -2.23. The number of carbonyl (C=O) groups is 1. The van der Waals surface area contributed by atoms with Gasteiger partial charge >= 0.3 is 6.36 Å². The molecule has 1 atom stereocenters. The van der Waals surface area contributed by atoms with Gasteiger partial charge in [-0.2, -0.15) is 5.10 Å². The van der Waals surface area contributed by atoms with Crippen molar-refractivity contribution in [3.05, 3.63) is 54.1 Å². The largest absolute Gasteiger partial charge is 0.573 e. The number of pyridine rings is 1. The van der Waals surface area contributed by atoms with Crippen LogP contribution in [0.2, 0.25) is 0 Å². The first-order valence-electron chi connectivity index (χ1n) is 9.49. The van der Waals surface area contributed by atoms with E-state index in [1.807, 2.05) is 4.90 Å². The van der Waals surface area contributed by atoms with Crippen LogP contribution in [0.1, 0.15) is 16.8 Å². The van der Waals surface area contributed by atoms with Crippen LogP contribution in [-0.4, -0.2) is 51.8 Å². The van der Waals surface area contributed by atoms with Crippen LogP contribution < -0.4 is 15.0 Å². The van der Waals surface area contributed by atoms with E-state index < -0.39 is 29.9 Å². The van der Waals surface area contributed by atoms with Crippen molar-refractivity contribution in [3.8, 4) is 17.0 Å². The number of benzene rings is 1. The molecular weight excluding hydrogens is 434 g/mol. The van der Waals surface area contributed by atoms with Gasteiger partial charge in [0.1, 0.15) is 5.82 Å². The van der Waals surface area contributed by atoms with Gasteiger partial charge in [0.15, 0.2) is 11.6 Å². The van der Waals surface area contributed by atoms with E-state index in [9.17, 15) is 27.5 Å². The van der Waals surface area contributed by atoms with Gasteiger partial charge in [0.2, 0.25) is 0 Å². The van der Waals surface area contributed by atoms with Crippen LogP contribution in [0.15, 0.2) is 42.7 Å². The molecule has 12 heteroatoms. The van der Waals surface area contributed by atoms with Crippen molar-refractivity contribution < 1.29 is 32.2 Å². The van der Waals surface area contributed by atoms with E-state index in [2.05, 4.69) is 25.2 Å². The number of nitrogens with one attached hydrogen (secondary N) is 2. The number of hydrogen-bond acceptors (Lipinski definition) is 6. The molecule has 3 heterocycles. The van der Waals surface area contributed by atoms with Gasteiger partial charge in [-0.25, -0.2) is 9.37 Å². The molecule has 1 amide bonds. The standard InChI is InChI=1S/C20H17F4N5O3/c21-15-8-12(1-2-17(15)32-20(22,23)24)27-19(31)11-7-14(16-3-5-26-28-16)18(25-9-11)29-6-4-13(30)10-29/h1-3,5,7-9,13,30H,4,6,10H2,(H,26,28)(H,27,31). The Hall–Kier alpha value is -3.67. The first-order valence-corrected chi connectivity index (χ1v) is 9.49. The van der Waals surface area contributed by atoms with Gasteiger partial charge in [-0.15, -0.1) is 13.2 Å². The first kappa shape index (κ1) is 21.6. The number of halogens is 4. The molecular formula is C20H17F4N5O3. The van der Waals surface area contributed by atoms with Crippen LogP contribution in [0.4, 0.5) is 29.1 Å². The second-order valence-electron chi connectivity index (χ2n) is 7.10.